The molecule has 1 aliphatic rings. The van der Waals surface area contributed by atoms with E-state index in [0.717, 1.165) is 22.6 Å². The second kappa shape index (κ2) is 12.2. The lowest BCUT2D eigenvalue weighted by Crippen LogP contribution is -2.45. The van der Waals surface area contributed by atoms with Crippen LogP contribution in [0.1, 0.15) is 30.0 Å². The van der Waals surface area contributed by atoms with Gasteiger partial charge in [0.05, 0.1) is 33.4 Å². The van der Waals surface area contributed by atoms with Crippen molar-refractivity contribution in [2.75, 3.05) is 47.0 Å². The minimum absolute atomic E-state index is 0.0211. The van der Waals surface area contributed by atoms with Crippen LogP contribution in [-0.2, 0) is 9.59 Å². The zero-order valence-electron chi connectivity index (χ0n) is 19.3. The number of aliphatic hydroxyl groups is 1. The van der Waals surface area contributed by atoms with E-state index in [1.165, 1.54) is 0 Å². The summed E-state index contributed by atoms with van der Waals surface area (Å²) in [4.78, 5) is 27.1. The number of nitrogens with zero attached hydrogens (tertiary/aromatic N) is 1. The van der Waals surface area contributed by atoms with Crippen molar-refractivity contribution in [3.05, 3.63) is 59.7 Å². The lowest BCUT2D eigenvalue weighted by molar-refractivity contribution is -0.127. The molecule has 8 heteroatoms. The standard InChI is InChI=1S/C25H33N3O5/c1-32-21-7-3-18(4-8-21)24(19-5-9-22(33-2)10-6-19)27-23(30)17-28-14-11-20(12-15-28)25(31)26-13-16-29/h3-10,20,24,29H,11-17H2,1-2H3,(H,26,31)(H,27,30). The summed E-state index contributed by atoms with van der Waals surface area (Å²) in [5.74, 6) is 1.35. The molecule has 1 aliphatic heterocycles. The van der Waals surface area contributed by atoms with E-state index in [1.54, 1.807) is 14.2 Å². The van der Waals surface area contributed by atoms with Crippen LogP contribution in [0.3, 0.4) is 0 Å². The minimum Gasteiger partial charge on any atom is -0.497 e. The summed E-state index contributed by atoms with van der Waals surface area (Å²) in [5.41, 5.74) is 1.90. The number of likely N-dealkylation sites (tertiary alicyclic amines) is 1. The molecule has 0 bridgehead atoms. The van der Waals surface area contributed by atoms with Crippen molar-refractivity contribution >= 4 is 11.8 Å². The second-order valence-corrected chi connectivity index (χ2v) is 8.11. The van der Waals surface area contributed by atoms with Gasteiger partial charge in [-0.1, -0.05) is 24.3 Å². The summed E-state index contributed by atoms with van der Waals surface area (Å²) in [6.07, 6.45) is 1.40. The summed E-state index contributed by atoms with van der Waals surface area (Å²) in [7, 11) is 3.24. The van der Waals surface area contributed by atoms with E-state index in [0.29, 0.717) is 25.9 Å². The summed E-state index contributed by atoms with van der Waals surface area (Å²) in [6.45, 7) is 1.85. The third-order valence-corrected chi connectivity index (χ3v) is 5.94. The van der Waals surface area contributed by atoms with Gasteiger partial charge < -0.3 is 25.2 Å². The largest absolute Gasteiger partial charge is 0.497 e. The number of carbonyl (C=O) groups excluding carboxylic acids is 2. The Hall–Kier alpha value is -3.10. The summed E-state index contributed by atoms with van der Waals surface area (Å²) in [6, 6.07) is 15.0. The van der Waals surface area contributed by atoms with Crippen LogP contribution in [-0.4, -0.2) is 68.8 Å². The highest BCUT2D eigenvalue weighted by molar-refractivity contribution is 5.80. The van der Waals surface area contributed by atoms with E-state index in [9.17, 15) is 9.59 Å². The predicted octanol–water partition coefficient (Wildman–Crippen LogP) is 1.73. The normalized spacial score (nSPS) is 14.7. The topological polar surface area (TPSA) is 100 Å². The summed E-state index contributed by atoms with van der Waals surface area (Å²) >= 11 is 0. The predicted molar refractivity (Wildman–Crippen MR) is 125 cm³/mol. The Balaban J connectivity index is 1.63. The molecule has 3 rings (SSSR count). The van der Waals surface area contributed by atoms with Crippen molar-refractivity contribution in [2.24, 2.45) is 5.92 Å². The van der Waals surface area contributed by atoms with Gasteiger partial charge in [-0.15, -0.1) is 0 Å². The number of benzene rings is 2. The van der Waals surface area contributed by atoms with Gasteiger partial charge >= 0.3 is 0 Å². The molecule has 1 fully saturated rings. The molecule has 8 nitrogen and oxygen atoms in total. The fourth-order valence-electron chi connectivity index (χ4n) is 4.04. The molecule has 33 heavy (non-hydrogen) atoms. The van der Waals surface area contributed by atoms with Crippen LogP contribution < -0.4 is 20.1 Å². The van der Waals surface area contributed by atoms with E-state index >= 15 is 0 Å². The van der Waals surface area contributed by atoms with Crippen LogP contribution in [0.25, 0.3) is 0 Å². The number of hydrogen-bond donors (Lipinski definition) is 3. The van der Waals surface area contributed by atoms with Crippen molar-refractivity contribution in [3.8, 4) is 11.5 Å². The number of aliphatic hydroxyl groups excluding tert-OH is 1. The van der Waals surface area contributed by atoms with Gasteiger partial charge in [-0.25, -0.2) is 0 Å². The monoisotopic (exact) mass is 455 g/mol. The van der Waals surface area contributed by atoms with Gasteiger partial charge in [0.15, 0.2) is 0 Å². The quantitative estimate of drug-likeness (QED) is 0.505. The van der Waals surface area contributed by atoms with Crippen molar-refractivity contribution in [1.29, 1.82) is 0 Å². The van der Waals surface area contributed by atoms with Crippen molar-refractivity contribution < 1.29 is 24.2 Å². The first-order chi connectivity index (χ1) is 16.0. The van der Waals surface area contributed by atoms with E-state index in [1.807, 2.05) is 48.5 Å². The highest BCUT2D eigenvalue weighted by atomic mass is 16.5. The van der Waals surface area contributed by atoms with E-state index in [-0.39, 0.29) is 43.5 Å². The van der Waals surface area contributed by atoms with E-state index in [2.05, 4.69) is 15.5 Å². The Labute approximate surface area is 194 Å². The minimum atomic E-state index is -0.309. The number of amides is 2. The molecule has 2 aromatic carbocycles. The van der Waals surface area contributed by atoms with Crippen LogP contribution in [0.5, 0.6) is 11.5 Å². The van der Waals surface area contributed by atoms with Crippen LogP contribution >= 0.6 is 0 Å². The lowest BCUT2D eigenvalue weighted by atomic mass is 9.95. The molecule has 2 amide bonds. The number of carbonyl (C=O) groups is 2. The van der Waals surface area contributed by atoms with Gasteiger partial charge in [0.25, 0.3) is 0 Å². The molecule has 1 heterocycles. The van der Waals surface area contributed by atoms with Gasteiger partial charge in [0, 0.05) is 12.5 Å². The van der Waals surface area contributed by atoms with Crippen LogP contribution in [0.15, 0.2) is 48.5 Å². The Bertz CT molecular complexity index is 846. The maximum Gasteiger partial charge on any atom is 0.234 e. The fourth-order valence-corrected chi connectivity index (χ4v) is 4.04. The number of hydrogen-bond acceptors (Lipinski definition) is 6. The number of rotatable bonds is 10. The lowest BCUT2D eigenvalue weighted by Gasteiger charge is -2.31. The number of methoxy groups -OCH3 is 2. The molecule has 0 saturated carbocycles. The molecule has 0 aromatic heterocycles. The number of ether oxygens (including phenoxy) is 2. The average molecular weight is 456 g/mol. The Morgan fingerprint density at radius 3 is 1.94 bits per heavy atom. The third kappa shape index (κ3) is 6.94. The molecule has 178 valence electrons. The highest BCUT2D eigenvalue weighted by Crippen LogP contribution is 2.26. The summed E-state index contributed by atoms with van der Waals surface area (Å²) in [5, 5.41) is 14.8. The van der Waals surface area contributed by atoms with Crippen LogP contribution in [0.4, 0.5) is 0 Å². The Morgan fingerprint density at radius 2 is 1.48 bits per heavy atom. The molecule has 0 atom stereocenters. The molecular formula is C25H33N3O5. The van der Waals surface area contributed by atoms with Gasteiger partial charge in [-0.05, 0) is 61.3 Å². The first-order valence-electron chi connectivity index (χ1n) is 11.2. The first kappa shape index (κ1) is 24.5. The molecule has 2 aromatic rings. The van der Waals surface area contributed by atoms with E-state index < -0.39 is 0 Å². The number of nitrogens with one attached hydrogen (secondary N) is 2. The van der Waals surface area contributed by atoms with Crippen molar-refractivity contribution in [2.45, 2.75) is 18.9 Å². The Kier molecular flexibility index (Phi) is 9.09. The average Bonchev–Trinajstić information content (AvgIpc) is 2.86. The van der Waals surface area contributed by atoms with Gasteiger partial charge in [0.1, 0.15) is 11.5 Å². The molecule has 0 radical (unpaired) electrons. The highest BCUT2D eigenvalue weighted by Gasteiger charge is 2.26. The van der Waals surface area contributed by atoms with Crippen LogP contribution in [0.2, 0.25) is 0 Å². The smallest absolute Gasteiger partial charge is 0.234 e. The summed E-state index contributed by atoms with van der Waals surface area (Å²) < 4.78 is 10.5. The van der Waals surface area contributed by atoms with Crippen molar-refractivity contribution in [1.82, 2.24) is 15.5 Å². The maximum absolute atomic E-state index is 13.0. The molecule has 0 unspecified atom stereocenters. The molecular weight excluding hydrogens is 422 g/mol. The van der Waals surface area contributed by atoms with Gasteiger partial charge in [-0.3, -0.25) is 14.5 Å². The SMILES string of the molecule is COc1ccc(C(NC(=O)CN2CCC(C(=O)NCCO)CC2)c2ccc(OC)cc2)cc1. The number of piperidine rings is 1. The zero-order chi connectivity index (χ0) is 23.6. The van der Waals surface area contributed by atoms with Crippen molar-refractivity contribution in [3.63, 3.8) is 0 Å². The third-order valence-electron chi connectivity index (χ3n) is 5.94. The zero-order valence-corrected chi connectivity index (χ0v) is 19.3. The second-order valence-electron chi connectivity index (χ2n) is 8.11. The first-order valence-corrected chi connectivity index (χ1v) is 11.2. The van der Waals surface area contributed by atoms with Crippen LogP contribution in [0, 0.1) is 5.92 Å². The molecule has 1 saturated heterocycles. The molecule has 0 aliphatic carbocycles. The van der Waals surface area contributed by atoms with Gasteiger partial charge in [-0.2, -0.15) is 0 Å². The van der Waals surface area contributed by atoms with E-state index in [4.69, 9.17) is 14.6 Å². The Morgan fingerprint density at radius 1 is 0.970 bits per heavy atom. The maximum atomic E-state index is 13.0. The fraction of sp³-hybridized carbons (Fsp3) is 0.440. The van der Waals surface area contributed by atoms with Gasteiger partial charge in [0.2, 0.25) is 11.8 Å². The molecule has 0 spiro atoms. The molecule has 3 N–H and O–H groups in total.